The minimum atomic E-state index is -2.25. The van der Waals surface area contributed by atoms with Gasteiger partial charge in [0.2, 0.25) is 18.3 Å². The van der Waals surface area contributed by atoms with E-state index in [9.17, 15) is 9.59 Å². The van der Waals surface area contributed by atoms with E-state index in [2.05, 4.69) is 10.0 Å². The van der Waals surface area contributed by atoms with Gasteiger partial charge in [0.25, 0.3) is 3.79 Å². The van der Waals surface area contributed by atoms with Crippen LogP contribution >= 0.6 is 34.8 Å². The number of hydrogen-bond acceptors (Lipinski definition) is 8. The highest BCUT2D eigenvalue weighted by Crippen LogP contribution is 2.34. The van der Waals surface area contributed by atoms with E-state index in [1.165, 1.54) is 31.2 Å². The molecular weight excluding hydrogens is 523 g/mol. The van der Waals surface area contributed by atoms with E-state index in [-0.39, 0.29) is 11.1 Å². The molecule has 0 aliphatic carbocycles. The lowest BCUT2D eigenvalue weighted by Gasteiger charge is -2.42. The molecule has 1 heterocycles. The Morgan fingerprint density at radius 3 is 1.89 bits per heavy atom. The first-order chi connectivity index (χ1) is 16.6. The average Bonchev–Trinajstić information content (AvgIpc) is 2.83. The van der Waals surface area contributed by atoms with Gasteiger partial charge in [-0.3, -0.25) is 5.41 Å². The molecule has 1 fully saturated rings. The van der Waals surface area contributed by atoms with Crippen LogP contribution in [0.3, 0.4) is 0 Å². The third kappa shape index (κ3) is 6.78. The molecule has 5 atom stereocenters. The maximum Gasteiger partial charge on any atom is 0.338 e. The third-order valence-electron chi connectivity index (χ3n) is 4.94. The first-order valence-electron chi connectivity index (χ1n) is 10.2. The van der Waals surface area contributed by atoms with Crippen LogP contribution in [0.5, 0.6) is 0 Å². The Bertz CT molecular complexity index is 1110. The number of hydrogen-bond donors (Lipinski definition) is 1. The molecule has 1 aliphatic rings. The molecule has 1 aliphatic heterocycles. The Morgan fingerprint density at radius 2 is 1.43 bits per heavy atom. The fourth-order valence-electron chi connectivity index (χ4n) is 3.27. The Labute approximate surface area is 215 Å². The Morgan fingerprint density at radius 1 is 0.943 bits per heavy atom. The van der Waals surface area contributed by atoms with E-state index in [0.29, 0.717) is 0 Å². The summed E-state index contributed by atoms with van der Waals surface area (Å²) in [5.74, 6) is -2.42. The van der Waals surface area contributed by atoms with E-state index >= 15 is 0 Å². The Kier molecular flexibility index (Phi) is 8.82. The van der Waals surface area contributed by atoms with Crippen molar-refractivity contribution < 1.29 is 28.5 Å². The topological polar surface area (TPSA) is 144 Å². The molecule has 0 spiro atoms. The molecule has 1 N–H and O–H groups in total. The number of nitrogens with zero attached hydrogens (tertiary/aromatic N) is 3. The van der Waals surface area contributed by atoms with Crippen LogP contribution in [0.25, 0.3) is 10.4 Å². The molecule has 184 valence electrons. The van der Waals surface area contributed by atoms with Gasteiger partial charge in [0, 0.05) is 4.91 Å². The molecule has 2 aromatic rings. The summed E-state index contributed by atoms with van der Waals surface area (Å²) in [4.78, 5) is 28.6. The van der Waals surface area contributed by atoms with Gasteiger partial charge in [-0.05, 0) is 36.7 Å². The van der Waals surface area contributed by atoms with Gasteiger partial charge in [0.05, 0.1) is 17.2 Å². The van der Waals surface area contributed by atoms with Crippen molar-refractivity contribution in [1.29, 1.82) is 5.41 Å². The normalized spacial score (nSPS) is 23.9. The van der Waals surface area contributed by atoms with Crippen LogP contribution in [0.15, 0.2) is 65.8 Å². The minimum absolute atomic E-state index is 0.176. The standard InChI is InChI=1S/C22H19Cl3N4O6/c1-12-15(28-29-27)16(33-18(30)13-8-4-2-5-9-13)17(20(32-12)35-21(26)22(23,24)25)34-19(31)14-10-6-3-7-11-14/h2-12,15-17,20,26H,1H3/t12-,15-,16+,17+,20-/m1/s1. The summed E-state index contributed by atoms with van der Waals surface area (Å²) >= 11 is 17.2. The summed E-state index contributed by atoms with van der Waals surface area (Å²) in [6.45, 7) is 1.52. The first kappa shape index (κ1) is 26.6. The predicted molar refractivity (Wildman–Crippen MR) is 128 cm³/mol. The molecule has 0 saturated carbocycles. The number of halogens is 3. The van der Waals surface area contributed by atoms with Crippen LogP contribution in [0.1, 0.15) is 27.6 Å². The van der Waals surface area contributed by atoms with Crippen molar-refractivity contribution in [3.05, 3.63) is 82.2 Å². The quantitative estimate of drug-likeness (QED) is 0.101. The van der Waals surface area contributed by atoms with E-state index in [0.717, 1.165) is 0 Å². The highest BCUT2D eigenvalue weighted by atomic mass is 35.6. The smallest absolute Gasteiger partial charge is 0.338 e. The molecule has 35 heavy (non-hydrogen) atoms. The number of alkyl halides is 3. The van der Waals surface area contributed by atoms with Crippen molar-refractivity contribution in [1.82, 2.24) is 0 Å². The monoisotopic (exact) mass is 540 g/mol. The number of ether oxygens (including phenoxy) is 4. The van der Waals surface area contributed by atoms with Crippen molar-refractivity contribution in [3.8, 4) is 0 Å². The molecule has 0 aromatic heterocycles. The minimum Gasteiger partial charge on any atom is -0.454 e. The van der Waals surface area contributed by atoms with Crippen molar-refractivity contribution in [2.45, 2.75) is 41.4 Å². The first-order valence-corrected chi connectivity index (χ1v) is 11.3. The molecule has 1 saturated heterocycles. The largest absolute Gasteiger partial charge is 0.454 e. The summed E-state index contributed by atoms with van der Waals surface area (Å²) in [5.41, 5.74) is 9.48. The highest BCUT2D eigenvalue weighted by molar-refractivity contribution is 6.76. The summed E-state index contributed by atoms with van der Waals surface area (Å²) in [6, 6.07) is 14.9. The second kappa shape index (κ2) is 11.6. The van der Waals surface area contributed by atoms with Crippen LogP contribution in [0.2, 0.25) is 0 Å². The molecule has 0 unspecified atom stereocenters. The van der Waals surface area contributed by atoms with Gasteiger partial charge in [0.1, 0.15) is 6.04 Å². The van der Waals surface area contributed by atoms with Gasteiger partial charge in [-0.25, -0.2) is 9.59 Å². The summed E-state index contributed by atoms with van der Waals surface area (Å²) in [6.07, 6.45) is -5.32. The zero-order valence-corrected chi connectivity index (χ0v) is 20.4. The van der Waals surface area contributed by atoms with Gasteiger partial charge in [0.15, 0.2) is 6.10 Å². The number of esters is 2. The van der Waals surface area contributed by atoms with Crippen LogP contribution < -0.4 is 0 Å². The van der Waals surface area contributed by atoms with E-state index in [1.807, 2.05) is 0 Å². The van der Waals surface area contributed by atoms with E-state index in [4.69, 9.17) is 64.7 Å². The van der Waals surface area contributed by atoms with Gasteiger partial charge in [-0.15, -0.1) is 0 Å². The molecule has 3 rings (SSSR count). The van der Waals surface area contributed by atoms with Crippen LogP contribution in [0, 0.1) is 5.41 Å². The number of carbonyl (C=O) groups is 2. The zero-order chi connectivity index (χ0) is 25.6. The molecule has 2 aromatic carbocycles. The highest BCUT2D eigenvalue weighted by Gasteiger charge is 2.51. The number of benzene rings is 2. The van der Waals surface area contributed by atoms with Crippen LogP contribution in [0.4, 0.5) is 0 Å². The van der Waals surface area contributed by atoms with Gasteiger partial charge < -0.3 is 18.9 Å². The Balaban J connectivity index is 2.00. The molecular formula is C22H19Cl3N4O6. The van der Waals surface area contributed by atoms with Crippen molar-refractivity contribution in [2.75, 3.05) is 0 Å². The van der Waals surface area contributed by atoms with E-state index in [1.54, 1.807) is 36.4 Å². The van der Waals surface area contributed by atoms with Crippen molar-refractivity contribution in [2.24, 2.45) is 5.11 Å². The van der Waals surface area contributed by atoms with Gasteiger partial charge in [-0.2, -0.15) is 0 Å². The molecule has 0 radical (unpaired) electrons. The number of carbonyl (C=O) groups excluding carboxylic acids is 2. The second-order valence-corrected chi connectivity index (χ2v) is 9.60. The molecule has 10 nitrogen and oxygen atoms in total. The summed E-state index contributed by atoms with van der Waals surface area (Å²) in [5, 5.41) is 11.6. The predicted octanol–water partition coefficient (Wildman–Crippen LogP) is 5.23. The van der Waals surface area contributed by atoms with Crippen molar-refractivity contribution >= 4 is 52.6 Å². The fraction of sp³-hybridized carbons (Fsp3) is 0.318. The lowest BCUT2D eigenvalue weighted by molar-refractivity contribution is -0.242. The maximum atomic E-state index is 12.9. The summed E-state index contributed by atoms with van der Waals surface area (Å²) < 4.78 is 20.1. The average molecular weight is 542 g/mol. The number of rotatable bonds is 6. The number of azide groups is 1. The third-order valence-corrected chi connectivity index (χ3v) is 5.45. The van der Waals surface area contributed by atoms with Crippen molar-refractivity contribution in [3.63, 3.8) is 0 Å². The maximum absolute atomic E-state index is 12.9. The van der Waals surface area contributed by atoms with Crippen LogP contribution in [-0.4, -0.2) is 52.3 Å². The lowest BCUT2D eigenvalue weighted by Crippen LogP contribution is -2.60. The number of nitrogens with one attached hydrogen (secondary N) is 1. The second-order valence-electron chi connectivity index (χ2n) is 7.32. The Hall–Kier alpha value is -3.01. The molecule has 13 heteroatoms. The fourth-order valence-corrected chi connectivity index (χ4v) is 3.41. The SMILES string of the molecule is C[C@H]1O[C@H](OC(=N)C(Cl)(Cl)Cl)[C@@H](OC(=O)c2ccccc2)[C@@H](OC(=O)c2ccccc2)[C@@H]1N=[N+]=[N-]. The van der Waals surface area contributed by atoms with Crippen LogP contribution in [-0.2, 0) is 18.9 Å². The molecule has 0 bridgehead atoms. The summed E-state index contributed by atoms with van der Waals surface area (Å²) in [7, 11) is 0. The van der Waals surface area contributed by atoms with Gasteiger partial charge >= 0.3 is 11.9 Å². The lowest BCUT2D eigenvalue weighted by atomic mass is 9.97. The zero-order valence-electron chi connectivity index (χ0n) is 18.1. The molecule has 0 amide bonds. The van der Waals surface area contributed by atoms with Gasteiger partial charge in [-0.1, -0.05) is 76.3 Å². The van der Waals surface area contributed by atoms with E-state index < -0.39 is 52.3 Å².